The Labute approximate surface area is 107 Å². The minimum absolute atomic E-state index is 0.0423. The van der Waals surface area contributed by atoms with Gasteiger partial charge in [-0.2, -0.15) is 0 Å². The lowest BCUT2D eigenvalue weighted by Crippen LogP contribution is -2.03. The predicted molar refractivity (Wildman–Crippen MR) is 68.2 cm³/mol. The molecule has 0 spiro atoms. The van der Waals surface area contributed by atoms with Crippen molar-refractivity contribution in [3.05, 3.63) is 50.9 Å². The number of nitrogens with two attached hydrogens (primary N) is 1. The molecule has 17 heavy (non-hydrogen) atoms. The number of ketones is 1. The largest absolute Gasteiger partial charge is 0.396 e. The number of halogens is 2. The van der Waals surface area contributed by atoms with Crippen LogP contribution in [0.2, 0.25) is 4.34 Å². The minimum atomic E-state index is -0.569. The first-order valence-corrected chi connectivity index (χ1v) is 6.08. The van der Waals surface area contributed by atoms with Crippen LogP contribution in [0.1, 0.15) is 15.2 Å². The number of rotatable bonds is 3. The second-order valence-electron chi connectivity index (χ2n) is 3.54. The standard InChI is InChI=1S/C12H9ClFNOS/c13-12-4-2-8(17-12)6-11(16)7-1-3-10(15)9(14)5-7/h1-5H,6,15H2. The van der Waals surface area contributed by atoms with Crippen LogP contribution in [0.15, 0.2) is 30.3 Å². The van der Waals surface area contributed by atoms with Gasteiger partial charge in [-0.05, 0) is 30.3 Å². The van der Waals surface area contributed by atoms with Gasteiger partial charge in [-0.1, -0.05) is 11.6 Å². The van der Waals surface area contributed by atoms with E-state index in [2.05, 4.69) is 0 Å². The number of hydrogen-bond donors (Lipinski definition) is 1. The summed E-state index contributed by atoms with van der Waals surface area (Å²) in [6.07, 6.45) is 0.223. The van der Waals surface area contributed by atoms with Gasteiger partial charge in [0.2, 0.25) is 0 Å². The van der Waals surface area contributed by atoms with Crippen LogP contribution in [0.4, 0.5) is 10.1 Å². The van der Waals surface area contributed by atoms with E-state index in [4.69, 9.17) is 17.3 Å². The van der Waals surface area contributed by atoms with Gasteiger partial charge in [0.25, 0.3) is 0 Å². The predicted octanol–water partition coefficient (Wildman–Crippen LogP) is 3.55. The summed E-state index contributed by atoms with van der Waals surface area (Å²) in [5, 5.41) is 0. The topological polar surface area (TPSA) is 43.1 Å². The van der Waals surface area contributed by atoms with Crippen molar-refractivity contribution in [3.63, 3.8) is 0 Å². The van der Waals surface area contributed by atoms with Crippen molar-refractivity contribution in [2.24, 2.45) is 0 Å². The summed E-state index contributed by atoms with van der Waals surface area (Å²) in [6, 6.07) is 7.60. The molecule has 2 aromatic rings. The molecule has 2 rings (SSSR count). The zero-order valence-electron chi connectivity index (χ0n) is 8.74. The Morgan fingerprint density at radius 2 is 2.12 bits per heavy atom. The Bertz CT molecular complexity index is 567. The maximum atomic E-state index is 13.2. The summed E-state index contributed by atoms with van der Waals surface area (Å²) >= 11 is 7.11. The highest BCUT2D eigenvalue weighted by molar-refractivity contribution is 7.16. The first kappa shape index (κ1) is 12.1. The maximum absolute atomic E-state index is 13.2. The van der Waals surface area contributed by atoms with Crippen molar-refractivity contribution >= 4 is 34.4 Å². The van der Waals surface area contributed by atoms with Gasteiger partial charge in [0.05, 0.1) is 10.0 Å². The highest BCUT2D eigenvalue weighted by Gasteiger charge is 2.10. The number of nitrogen functional groups attached to an aromatic ring is 1. The Balaban J connectivity index is 2.17. The second kappa shape index (κ2) is 4.85. The van der Waals surface area contributed by atoms with Gasteiger partial charge in [0.15, 0.2) is 5.78 Å². The molecular weight excluding hydrogens is 261 g/mol. The maximum Gasteiger partial charge on any atom is 0.168 e. The fourth-order valence-corrected chi connectivity index (χ4v) is 2.49. The molecule has 0 amide bonds. The van der Waals surface area contributed by atoms with Crippen LogP contribution in [0.25, 0.3) is 0 Å². The van der Waals surface area contributed by atoms with E-state index in [9.17, 15) is 9.18 Å². The normalized spacial score (nSPS) is 10.5. The molecule has 5 heteroatoms. The third-order valence-corrected chi connectivity index (χ3v) is 3.52. The third-order valence-electron chi connectivity index (χ3n) is 2.29. The summed E-state index contributed by atoms with van der Waals surface area (Å²) in [5.74, 6) is -0.720. The van der Waals surface area contributed by atoms with Gasteiger partial charge in [0.1, 0.15) is 5.82 Å². The van der Waals surface area contributed by atoms with E-state index in [1.54, 1.807) is 12.1 Å². The van der Waals surface area contributed by atoms with Crippen molar-refractivity contribution in [2.45, 2.75) is 6.42 Å². The van der Waals surface area contributed by atoms with E-state index in [1.165, 1.54) is 23.5 Å². The molecule has 1 aromatic carbocycles. The number of benzene rings is 1. The quantitative estimate of drug-likeness (QED) is 0.684. The van der Waals surface area contributed by atoms with Crippen molar-refractivity contribution in [3.8, 4) is 0 Å². The van der Waals surface area contributed by atoms with Crippen LogP contribution in [-0.2, 0) is 6.42 Å². The zero-order chi connectivity index (χ0) is 12.4. The van der Waals surface area contributed by atoms with Crippen molar-refractivity contribution < 1.29 is 9.18 Å². The summed E-state index contributed by atoms with van der Waals surface area (Å²) in [7, 11) is 0. The second-order valence-corrected chi connectivity index (χ2v) is 5.34. The molecule has 2 nitrogen and oxygen atoms in total. The molecule has 0 radical (unpaired) electrons. The third kappa shape index (κ3) is 2.84. The van der Waals surface area contributed by atoms with E-state index < -0.39 is 5.82 Å². The average Bonchev–Trinajstić information content (AvgIpc) is 2.68. The number of thiophene rings is 1. The molecule has 88 valence electrons. The molecule has 0 saturated carbocycles. The smallest absolute Gasteiger partial charge is 0.168 e. The molecule has 0 aliphatic rings. The van der Waals surface area contributed by atoms with Crippen LogP contribution >= 0.6 is 22.9 Å². The number of hydrogen-bond acceptors (Lipinski definition) is 3. The van der Waals surface area contributed by atoms with Gasteiger partial charge in [-0.3, -0.25) is 4.79 Å². The van der Waals surface area contributed by atoms with E-state index >= 15 is 0 Å². The molecule has 0 aliphatic heterocycles. The molecule has 0 unspecified atom stereocenters. The zero-order valence-corrected chi connectivity index (χ0v) is 10.3. The van der Waals surface area contributed by atoms with Crippen molar-refractivity contribution in [2.75, 3.05) is 5.73 Å². The van der Waals surface area contributed by atoms with E-state index in [0.717, 1.165) is 10.9 Å². The van der Waals surface area contributed by atoms with Crippen LogP contribution in [0.3, 0.4) is 0 Å². The molecule has 0 aliphatic carbocycles. The summed E-state index contributed by atoms with van der Waals surface area (Å²) in [6.45, 7) is 0. The van der Waals surface area contributed by atoms with E-state index in [0.29, 0.717) is 9.90 Å². The van der Waals surface area contributed by atoms with Crippen molar-refractivity contribution in [1.82, 2.24) is 0 Å². The van der Waals surface area contributed by atoms with Crippen LogP contribution in [-0.4, -0.2) is 5.78 Å². The summed E-state index contributed by atoms with van der Waals surface area (Å²) < 4.78 is 13.8. The first-order chi connectivity index (χ1) is 8.06. The lowest BCUT2D eigenvalue weighted by Gasteiger charge is -2.01. The Morgan fingerprint density at radius 1 is 1.35 bits per heavy atom. The number of carbonyl (C=O) groups is 1. The van der Waals surface area contributed by atoms with Gasteiger partial charge < -0.3 is 5.73 Å². The molecule has 2 N–H and O–H groups in total. The SMILES string of the molecule is Nc1ccc(C(=O)Cc2ccc(Cl)s2)cc1F. The Kier molecular flexibility index (Phi) is 3.45. The lowest BCUT2D eigenvalue weighted by atomic mass is 10.1. The van der Waals surface area contributed by atoms with Gasteiger partial charge in [-0.15, -0.1) is 11.3 Å². The molecule has 1 aromatic heterocycles. The van der Waals surface area contributed by atoms with Gasteiger partial charge >= 0.3 is 0 Å². The summed E-state index contributed by atoms with van der Waals surface area (Å²) in [5.41, 5.74) is 5.71. The Morgan fingerprint density at radius 3 is 2.71 bits per heavy atom. The van der Waals surface area contributed by atoms with Crippen molar-refractivity contribution in [1.29, 1.82) is 0 Å². The molecule has 1 heterocycles. The lowest BCUT2D eigenvalue weighted by molar-refractivity contribution is 0.0993. The average molecular weight is 270 g/mol. The highest BCUT2D eigenvalue weighted by Crippen LogP contribution is 2.23. The molecule has 0 fully saturated rings. The number of carbonyl (C=O) groups excluding carboxylic acids is 1. The summed E-state index contributed by atoms with van der Waals surface area (Å²) in [4.78, 5) is 12.7. The fraction of sp³-hybridized carbons (Fsp3) is 0.0833. The monoisotopic (exact) mass is 269 g/mol. The minimum Gasteiger partial charge on any atom is -0.396 e. The molecule has 0 atom stereocenters. The van der Waals surface area contributed by atoms with Crippen LogP contribution < -0.4 is 5.73 Å². The molecule has 0 saturated heterocycles. The number of anilines is 1. The number of Topliss-reactive ketones (excluding diaryl/α,β-unsaturated/α-hetero) is 1. The Hall–Kier alpha value is -1.39. The first-order valence-electron chi connectivity index (χ1n) is 4.88. The van der Waals surface area contributed by atoms with Gasteiger partial charge in [-0.25, -0.2) is 4.39 Å². The molecule has 0 bridgehead atoms. The van der Waals surface area contributed by atoms with E-state index in [-0.39, 0.29) is 17.9 Å². The fourth-order valence-electron chi connectivity index (χ4n) is 1.41. The van der Waals surface area contributed by atoms with E-state index in [1.807, 2.05) is 0 Å². The van der Waals surface area contributed by atoms with Crippen LogP contribution in [0.5, 0.6) is 0 Å². The molecular formula is C12H9ClFNOS. The van der Waals surface area contributed by atoms with Crippen LogP contribution in [0, 0.1) is 5.82 Å². The van der Waals surface area contributed by atoms with Gasteiger partial charge in [0, 0.05) is 16.9 Å². The highest BCUT2D eigenvalue weighted by atomic mass is 35.5.